The SMILES string of the molecule is O=c1nc(SCc2ccccc2)cn[nH]1. The van der Waals surface area contributed by atoms with E-state index in [2.05, 4.69) is 15.2 Å². The molecule has 4 nitrogen and oxygen atoms in total. The molecule has 5 heteroatoms. The Morgan fingerprint density at radius 2 is 2.07 bits per heavy atom. The van der Waals surface area contributed by atoms with Gasteiger partial charge in [0, 0.05) is 5.75 Å². The van der Waals surface area contributed by atoms with Crippen LogP contribution in [0.4, 0.5) is 0 Å². The molecule has 0 amide bonds. The minimum atomic E-state index is -0.409. The number of thioether (sulfide) groups is 1. The highest BCUT2D eigenvalue weighted by atomic mass is 32.2. The number of rotatable bonds is 3. The number of aromatic amines is 1. The Kier molecular flexibility index (Phi) is 3.14. The third-order valence-electron chi connectivity index (χ3n) is 1.78. The number of benzene rings is 1. The van der Waals surface area contributed by atoms with Crippen molar-refractivity contribution < 1.29 is 0 Å². The number of nitrogens with one attached hydrogen (secondary N) is 1. The predicted octanol–water partition coefficient (Wildman–Crippen LogP) is 1.46. The van der Waals surface area contributed by atoms with Crippen LogP contribution in [0.15, 0.2) is 46.3 Å². The fraction of sp³-hybridized carbons (Fsp3) is 0.100. The van der Waals surface area contributed by atoms with Crippen LogP contribution in [-0.4, -0.2) is 15.2 Å². The first-order chi connectivity index (χ1) is 7.34. The summed E-state index contributed by atoms with van der Waals surface area (Å²) in [5.74, 6) is 0.791. The number of hydrogen-bond donors (Lipinski definition) is 1. The molecule has 1 aromatic heterocycles. The van der Waals surface area contributed by atoms with E-state index in [1.165, 1.54) is 17.3 Å². The summed E-state index contributed by atoms with van der Waals surface area (Å²) in [7, 11) is 0. The first kappa shape index (κ1) is 9.92. The highest BCUT2D eigenvalue weighted by Gasteiger charge is 1.98. The molecule has 15 heavy (non-hydrogen) atoms. The van der Waals surface area contributed by atoms with Gasteiger partial charge in [-0.2, -0.15) is 10.1 Å². The zero-order valence-corrected chi connectivity index (χ0v) is 8.70. The molecule has 0 aliphatic rings. The maximum absolute atomic E-state index is 10.9. The third kappa shape index (κ3) is 2.92. The first-order valence-corrected chi connectivity index (χ1v) is 5.41. The Hall–Kier alpha value is -1.62. The van der Waals surface area contributed by atoms with E-state index in [4.69, 9.17) is 0 Å². The maximum Gasteiger partial charge on any atom is 0.362 e. The average Bonchev–Trinajstić information content (AvgIpc) is 2.28. The van der Waals surface area contributed by atoms with Crippen LogP contribution in [-0.2, 0) is 5.75 Å². The number of nitrogens with zero attached hydrogens (tertiary/aromatic N) is 2. The van der Waals surface area contributed by atoms with Gasteiger partial charge in [0.05, 0.1) is 6.20 Å². The molecule has 0 radical (unpaired) electrons. The molecule has 0 aliphatic carbocycles. The van der Waals surface area contributed by atoms with Gasteiger partial charge >= 0.3 is 5.69 Å². The van der Waals surface area contributed by atoms with Crippen molar-refractivity contribution in [1.82, 2.24) is 15.2 Å². The van der Waals surface area contributed by atoms with Crippen molar-refractivity contribution in [3.05, 3.63) is 52.6 Å². The van der Waals surface area contributed by atoms with Crippen LogP contribution in [0.1, 0.15) is 5.56 Å². The Morgan fingerprint density at radius 1 is 1.27 bits per heavy atom. The summed E-state index contributed by atoms with van der Waals surface area (Å²) in [4.78, 5) is 14.6. The second-order valence-electron chi connectivity index (χ2n) is 2.90. The fourth-order valence-corrected chi connectivity index (χ4v) is 1.88. The van der Waals surface area contributed by atoms with Crippen LogP contribution in [0.5, 0.6) is 0 Å². The van der Waals surface area contributed by atoms with E-state index < -0.39 is 5.69 Å². The minimum absolute atomic E-state index is 0.409. The Labute approximate surface area is 90.8 Å². The number of H-pyrrole nitrogens is 1. The highest BCUT2D eigenvalue weighted by Crippen LogP contribution is 2.18. The molecule has 1 heterocycles. The van der Waals surface area contributed by atoms with Crippen molar-refractivity contribution in [1.29, 1.82) is 0 Å². The summed E-state index contributed by atoms with van der Waals surface area (Å²) in [5.41, 5.74) is 0.789. The van der Waals surface area contributed by atoms with E-state index in [1.807, 2.05) is 30.3 Å². The molecule has 0 aliphatic heterocycles. The normalized spacial score (nSPS) is 10.1. The zero-order valence-electron chi connectivity index (χ0n) is 7.88. The van der Waals surface area contributed by atoms with Gasteiger partial charge in [0.15, 0.2) is 0 Å². The van der Waals surface area contributed by atoms with Crippen LogP contribution in [0.25, 0.3) is 0 Å². The lowest BCUT2D eigenvalue weighted by Crippen LogP contribution is -2.11. The summed E-state index contributed by atoms with van der Waals surface area (Å²) in [6.45, 7) is 0. The monoisotopic (exact) mass is 219 g/mol. The van der Waals surface area contributed by atoms with Crippen molar-refractivity contribution in [2.24, 2.45) is 0 Å². The minimum Gasteiger partial charge on any atom is -0.244 e. The van der Waals surface area contributed by atoms with E-state index in [0.717, 1.165) is 5.75 Å². The fourth-order valence-electron chi connectivity index (χ4n) is 1.10. The van der Waals surface area contributed by atoms with Crippen molar-refractivity contribution >= 4 is 11.8 Å². The summed E-state index contributed by atoms with van der Waals surface area (Å²) < 4.78 is 0. The van der Waals surface area contributed by atoms with Crippen molar-refractivity contribution in [3.63, 3.8) is 0 Å². The van der Waals surface area contributed by atoms with Gasteiger partial charge in [0.2, 0.25) is 0 Å². The van der Waals surface area contributed by atoms with E-state index >= 15 is 0 Å². The quantitative estimate of drug-likeness (QED) is 0.794. The molecule has 1 N–H and O–H groups in total. The van der Waals surface area contributed by atoms with Crippen molar-refractivity contribution in [2.45, 2.75) is 10.8 Å². The second kappa shape index (κ2) is 4.75. The summed E-state index contributed by atoms with van der Waals surface area (Å²) in [6.07, 6.45) is 1.55. The first-order valence-electron chi connectivity index (χ1n) is 4.43. The van der Waals surface area contributed by atoms with Gasteiger partial charge in [-0.05, 0) is 5.56 Å². The van der Waals surface area contributed by atoms with Gasteiger partial charge in [-0.25, -0.2) is 9.89 Å². The van der Waals surface area contributed by atoms with Crippen LogP contribution in [0, 0.1) is 0 Å². The van der Waals surface area contributed by atoms with Gasteiger partial charge in [-0.15, -0.1) is 0 Å². The highest BCUT2D eigenvalue weighted by molar-refractivity contribution is 7.98. The van der Waals surface area contributed by atoms with Crippen molar-refractivity contribution in [3.8, 4) is 0 Å². The van der Waals surface area contributed by atoms with Crippen LogP contribution in [0.3, 0.4) is 0 Å². The molecule has 76 valence electrons. The summed E-state index contributed by atoms with van der Waals surface area (Å²) >= 11 is 1.49. The van der Waals surface area contributed by atoms with E-state index in [0.29, 0.717) is 5.03 Å². The molecule has 2 rings (SSSR count). The Bertz CT molecular complexity index is 483. The number of aromatic nitrogens is 3. The van der Waals surface area contributed by atoms with E-state index in [9.17, 15) is 4.79 Å². The summed E-state index contributed by atoms with van der Waals surface area (Å²) in [6, 6.07) is 10.0. The molecule has 0 spiro atoms. The second-order valence-corrected chi connectivity index (χ2v) is 3.90. The molecule has 0 atom stereocenters. The largest absolute Gasteiger partial charge is 0.362 e. The van der Waals surface area contributed by atoms with Gasteiger partial charge in [-0.3, -0.25) is 0 Å². The maximum atomic E-state index is 10.9. The smallest absolute Gasteiger partial charge is 0.244 e. The van der Waals surface area contributed by atoms with Gasteiger partial charge in [0.1, 0.15) is 5.03 Å². The molecular formula is C10H9N3OS. The Morgan fingerprint density at radius 3 is 2.80 bits per heavy atom. The van der Waals surface area contributed by atoms with Crippen molar-refractivity contribution in [2.75, 3.05) is 0 Å². The van der Waals surface area contributed by atoms with Crippen LogP contribution >= 0.6 is 11.8 Å². The van der Waals surface area contributed by atoms with E-state index in [-0.39, 0.29) is 0 Å². The van der Waals surface area contributed by atoms with Gasteiger partial charge in [-0.1, -0.05) is 42.1 Å². The lowest BCUT2D eigenvalue weighted by atomic mass is 10.2. The predicted molar refractivity (Wildman–Crippen MR) is 58.7 cm³/mol. The van der Waals surface area contributed by atoms with Gasteiger partial charge in [0.25, 0.3) is 0 Å². The third-order valence-corrected chi connectivity index (χ3v) is 2.75. The molecule has 0 saturated carbocycles. The van der Waals surface area contributed by atoms with Gasteiger partial charge < -0.3 is 0 Å². The number of hydrogen-bond acceptors (Lipinski definition) is 4. The topological polar surface area (TPSA) is 58.6 Å². The molecular weight excluding hydrogens is 210 g/mol. The molecule has 2 aromatic rings. The Balaban J connectivity index is 2.02. The van der Waals surface area contributed by atoms with Crippen LogP contribution in [0.2, 0.25) is 0 Å². The molecule has 1 aromatic carbocycles. The lowest BCUT2D eigenvalue weighted by molar-refractivity contribution is 0.852. The molecule has 0 unspecified atom stereocenters. The zero-order chi connectivity index (χ0) is 10.5. The average molecular weight is 219 g/mol. The summed E-state index contributed by atoms with van der Waals surface area (Å²) in [5, 5.41) is 6.56. The van der Waals surface area contributed by atoms with E-state index in [1.54, 1.807) is 6.20 Å². The molecule has 0 bridgehead atoms. The lowest BCUT2D eigenvalue weighted by Gasteiger charge is -1.99. The standard InChI is InChI=1S/C10H9N3OS/c14-10-12-9(6-11-13-10)15-7-8-4-2-1-3-5-8/h1-6H,7H2,(H,12,13,14). The molecule has 0 saturated heterocycles. The van der Waals surface area contributed by atoms with Crippen LogP contribution < -0.4 is 5.69 Å². The molecule has 0 fully saturated rings.